The standard InChI is InChI=1S/2C8H12N2S.H2O4S/c2*9-10-6-7-11-8-4-2-1-3-5-8;1-5(2,3)4/h2*1-5,10H,6-7,9H2;(H2,1,2,3,4). The zero-order chi connectivity index (χ0) is 20.4. The second-order valence-electron chi connectivity index (χ2n) is 4.73. The van der Waals surface area contributed by atoms with Crippen molar-refractivity contribution in [2.24, 2.45) is 0 Å². The first-order valence-electron chi connectivity index (χ1n) is 7.89. The predicted molar refractivity (Wildman–Crippen MR) is 107 cm³/mol. The van der Waals surface area contributed by atoms with Crippen LogP contribution in [0.15, 0.2) is 70.5 Å². The summed E-state index contributed by atoms with van der Waals surface area (Å²) in [5.74, 6) is 9.26. The molecule has 2 aromatic carbocycles. The SMILES string of the molecule is O=S(=O)([O-])[O-].[NH3+]NCCSc1ccccc1.[NH3+]NCCSc1ccccc1. The van der Waals surface area contributed by atoms with Crippen LogP contribution in [0.1, 0.15) is 0 Å². The summed E-state index contributed by atoms with van der Waals surface area (Å²) in [6, 6.07) is 20.8. The Morgan fingerprint density at radius 2 is 1.04 bits per heavy atom. The van der Waals surface area contributed by atoms with Crippen molar-refractivity contribution in [3.63, 3.8) is 0 Å². The van der Waals surface area contributed by atoms with E-state index < -0.39 is 10.4 Å². The Hall–Kier alpha value is -1.15. The largest absolute Gasteiger partial charge is 0.759 e. The van der Waals surface area contributed by atoms with Crippen molar-refractivity contribution in [1.82, 2.24) is 10.9 Å². The number of hydrogen-bond donors (Lipinski definition) is 4. The lowest BCUT2D eigenvalue weighted by Gasteiger charge is -2.06. The highest BCUT2D eigenvalue weighted by Gasteiger charge is 1.91. The van der Waals surface area contributed by atoms with Crippen LogP contribution in [-0.4, -0.2) is 42.1 Å². The first-order valence-corrected chi connectivity index (χ1v) is 11.2. The fraction of sp³-hybridized carbons (Fsp3) is 0.250. The van der Waals surface area contributed by atoms with Gasteiger partial charge in [0.15, 0.2) is 0 Å². The number of quaternary nitrogens is 2. The molecule has 0 aliphatic rings. The van der Waals surface area contributed by atoms with Crippen LogP contribution in [0, 0.1) is 0 Å². The van der Waals surface area contributed by atoms with Gasteiger partial charge in [0.1, 0.15) is 0 Å². The molecule has 0 radical (unpaired) electrons. The van der Waals surface area contributed by atoms with Crippen molar-refractivity contribution in [2.75, 3.05) is 24.6 Å². The maximum Gasteiger partial charge on any atom is 0.0537 e. The molecule has 0 unspecified atom stereocenters. The minimum absolute atomic E-state index is 0.958. The highest BCUT2D eigenvalue weighted by Crippen LogP contribution is 2.16. The molecule has 2 aromatic rings. The third-order valence-electron chi connectivity index (χ3n) is 2.58. The number of thioether (sulfide) groups is 2. The maximum absolute atomic E-state index is 8.52. The highest BCUT2D eigenvalue weighted by molar-refractivity contribution is 7.99. The summed E-state index contributed by atoms with van der Waals surface area (Å²) in [4.78, 5) is 2.64. The van der Waals surface area contributed by atoms with E-state index in [0.29, 0.717) is 0 Å². The predicted octanol–water partition coefficient (Wildman–Crippen LogP) is -0.288. The Balaban J connectivity index is 0.000000405. The normalized spacial score (nSPS) is 10.2. The second kappa shape index (κ2) is 17.0. The van der Waals surface area contributed by atoms with Crippen LogP contribution >= 0.6 is 23.5 Å². The van der Waals surface area contributed by atoms with Gasteiger partial charge in [-0.3, -0.25) is 20.1 Å². The molecule has 0 fully saturated rings. The van der Waals surface area contributed by atoms with E-state index >= 15 is 0 Å². The van der Waals surface area contributed by atoms with Gasteiger partial charge in [0.2, 0.25) is 0 Å². The summed E-state index contributed by atoms with van der Waals surface area (Å²) in [7, 11) is -5.17. The van der Waals surface area contributed by atoms with E-state index in [2.05, 4.69) is 71.1 Å². The summed E-state index contributed by atoms with van der Waals surface area (Å²) >= 11 is 3.68. The lowest BCUT2D eigenvalue weighted by molar-refractivity contribution is -0.442. The van der Waals surface area contributed by atoms with E-state index in [1.165, 1.54) is 9.79 Å². The van der Waals surface area contributed by atoms with Gasteiger partial charge < -0.3 is 9.11 Å². The smallest absolute Gasteiger partial charge is 0.0537 e. The molecule has 0 aliphatic carbocycles. The summed E-state index contributed by atoms with van der Waals surface area (Å²) in [5.41, 5.74) is 5.73. The fourth-order valence-corrected chi connectivity index (χ4v) is 3.18. The molecule has 0 saturated heterocycles. The molecule has 11 heteroatoms. The van der Waals surface area contributed by atoms with Gasteiger partial charge in [0, 0.05) is 31.7 Å². The Labute approximate surface area is 169 Å². The number of nitrogens with one attached hydrogen (secondary N) is 2. The molecule has 0 aliphatic heterocycles. The molecular weight excluding hydrogens is 408 g/mol. The van der Waals surface area contributed by atoms with Crippen LogP contribution in [0.25, 0.3) is 0 Å². The molecule has 0 heterocycles. The molecule has 8 nitrogen and oxygen atoms in total. The van der Waals surface area contributed by atoms with E-state index in [1.54, 1.807) is 0 Å². The lowest BCUT2D eigenvalue weighted by Crippen LogP contribution is -2.65. The molecule has 2 rings (SSSR count). The lowest BCUT2D eigenvalue weighted by atomic mass is 10.4. The summed E-state index contributed by atoms with van der Waals surface area (Å²) < 4.78 is 34.1. The molecule has 0 saturated carbocycles. The number of benzene rings is 2. The summed E-state index contributed by atoms with van der Waals surface area (Å²) in [6.45, 7) is 1.92. The molecule has 0 aromatic heterocycles. The van der Waals surface area contributed by atoms with Gasteiger partial charge in [-0.25, -0.2) is 0 Å². The highest BCUT2D eigenvalue weighted by atomic mass is 32.3. The van der Waals surface area contributed by atoms with Crippen LogP contribution in [0.3, 0.4) is 0 Å². The Morgan fingerprint density at radius 1 is 0.741 bits per heavy atom. The molecule has 152 valence electrons. The average Bonchev–Trinajstić information content (AvgIpc) is 2.63. The molecule has 8 N–H and O–H groups in total. The zero-order valence-electron chi connectivity index (χ0n) is 14.9. The third kappa shape index (κ3) is 21.0. The van der Waals surface area contributed by atoms with Gasteiger partial charge in [0.05, 0.1) is 13.1 Å². The van der Waals surface area contributed by atoms with Crippen molar-refractivity contribution in [2.45, 2.75) is 9.79 Å². The molecular formula is C16H26N4O4S3. The van der Waals surface area contributed by atoms with Crippen LogP contribution in [0.4, 0.5) is 0 Å². The van der Waals surface area contributed by atoms with Crippen molar-refractivity contribution in [1.29, 1.82) is 0 Å². The summed E-state index contributed by atoms with van der Waals surface area (Å²) in [5, 5.41) is 0. The Kier molecular flexibility index (Phi) is 16.3. The van der Waals surface area contributed by atoms with Crippen molar-refractivity contribution in [3.05, 3.63) is 60.7 Å². The van der Waals surface area contributed by atoms with E-state index in [0.717, 1.165) is 24.6 Å². The first kappa shape index (κ1) is 25.9. The van der Waals surface area contributed by atoms with Crippen molar-refractivity contribution in [3.8, 4) is 0 Å². The minimum Gasteiger partial charge on any atom is -0.759 e. The Bertz CT molecular complexity index is 623. The van der Waals surface area contributed by atoms with Crippen LogP contribution < -0.4 is 22.5 Å². The van der Waals surface area contributed by atoms with Gasteiger partial charge in [-0.2, -0.15) is 10.9 Å². The van der Waals surface area contributed by atoms with Crippen molar-refractivity contribution < 1.29 is 29.2 Å². The number of rotatable bonds is 8. The first-order chi connectivity index (χ1) is 12.9. The topological polar surface area (TPSA) is 160 Å². The van der Waals surface area contributed by atoms with E-state index in [-0.39, 0.29) is 0 Å². The number of hydrogen-bond acceptors (Lipinski definition) is 8. The Morgan fingerprint density at radius 3 is 1.30 bits per heavy atom. The fourth-order valence-electron chi connectivity index (χ4n) is 1.52. The quantitative estimate of drug-likeness (QED) is 0.145. The second-order valence-corrected chi connectivity index (χ2v) is 7.88. The van der Waals surface area contributed by atoms with Gasteiger partial charge in [-0.15, -0.1) is 23.5 Å². The molecule has 27 heavy (non-hydrogen) atoms. The molecule has 0 spiro atoms. The summed E-state index contributed by atoms with van der Waals surface area (Å²) in [6.07, 6.45) is 0. The van der Waals surface area contributed by atoms with Gasteiger partial charge >= 0.3 is 0 Å². The maximum atomic E-state index is 8.52. The van der Waals surface area contributed by atoms with Crippen LogP contribution in [0.5, 0.6) is 0 Å². The van der Waals surface area contributed by atoms with E-state index in [9.17, 15) is 0 Å². The molecule has 0 bridgehead atoms. The van der Waals surface area contributed by atoms with Gasteiger partial charge in [-0.1, -0.05) is 36.4 Å². The van der Waals surface area contributed by atoms with Crippen LogP contribution in [-0.2, 0) is 10.4 Å². The average molecular weight is 435 g/mol. The van der Waals surface area contributed by atoms with Gasteiger partial charge in [0.25, 0.3) is 0 Å². The minimum atomic E-state index is -5.17. The van der Waals surface area contributed by atoms with Crippen LogP contribution in [0.2, 0.25) is 0 Å². The van der Waals surface area contributed by atoms with Gasteiger partial charge in [-0.05, 0) is 24.3 Å². The molecule has 0 amide bonds. The van der Waals surface area contributed by atoms with E-state index in [4.69, 9.17) is 17.5 Å². The zero-order valence-corrected chi connectivity index (χ0v) is 17.3. The van der Waals surface area contributed by atoms with E-state index in [1.807, 2.05) is 35.7 Å². The third-order valence-corrected chi connectivity index (χ3v) is 4.61. The van der Waals surface area contributed by atoms with Crippen molar-refractivity contribution >= 4 is 33.9 Å². The monoisotopic (exact) mass is 434 g/mol. The molecule has 0 atom stereocenters.